The molecule has 3 aromatic rings. The summed E-state index contributed by atoms with van der Waals surface area (Å²) in [6, 6.07) is 15.2. The molecule has 1 aromatic heterocycles. The second-order valence-corrected chi connectivity index (χ2v) is 7.65. The van der Waals surface area contributed by atoms with Gasteiger partial charge >= 0.3 is 0 Å². The van der Waals surface area contributed by atoms with Gasteiger partial charge in [0.15, 0.2) is 0 Å². The number of anilines is 1. The Morgan fingerprint density at radius 3 is 2.63 bits per heavy atom. The number of furan rings is 1. The molecule has 0 aliphatic carbocycles. The topological polar surface area (TPSA) is 106 Å². The molecule has 0 atom stereocenters. The van der Waals surface area contributed by atoms with Gasteiger partial charge in [-0.15, -0.1) is 0 Å². The van der Waals surface area contributed by atoms with Crippen LogP contribution in [0.2, 0.25) is 0 Å². The summed E-state index contributed by atoms with van der Waals surface area (Å²) < 4.78 is 28.8. The van der Waals surface area contributed by atoms with Crippen molar-refractivity contribution in [2.24, 2.45) is 10.2 Å². The fraction of sp³-hybridized carbons (Fsp3) is 0.0526. The van der Waals surface area contributed by atoms with E-state index in [1.54, 1.807) is 19.1 Å². The third kappa shape index (κ3) is 3.16. The highest BCUT2D eigenvalue weighted by Gasteiger charge is 2.29. The maximum absolute atomic E-state index is 12.8. The van der Waals surface area contributed by atoms with Crippen molar-refractivity contribution in [3.8, 4) is 0 Å². The Morgan fingerprint density at radius 1 is 1.11 bits per heavy atom. The van der Waals surface area contributed by atoms with Crippen LogP contribution in [0.5, 0.6) is 0 Å². The third-order valence-corrected chi connectivity index (χ3v) is 5.10. The molecule has 1 aliphatic heterocycles. The van der Waals surface area contributed by atoms with Gasteiger partial charge in [0.1, 0.15) is 11.3 Å². The SMILES string of the molecule is CC1=NN(c2cccc(S(N)(=O)=O)c2)C(=O)/C1=C\c1cc2ccccc2o1. The number of rotatable bonds is 3. The number of hydrazone groups is 1. The Kier molecular flexibility index (Phi) is 3.94. The van der Waals surface area contributed by atoms with Crippen molar-refractivity contribution in [3.05, 3.63) is 65.9 Å². The highest BCUT2D eigenvalue weighted by Crippen LogP contribution is 2.28. The van der Waals surface area contributed by atoms with Gasteiger partial charge in [-0.2, -0.15) is 10.1 Å². The van der Waals surface area contributed by atoms with Gasteiger partial charge in [-0.1, -0.05) is 24.3 Å². The van der Waals surface area contributed by atoms with Crippen molar-refractivity contribution in [1.82, 2.24) is 0 Å². The van der Waals surface area contributed by atoms with Crippen molar-refractivity contribution >= 4 is 44.4 Å². The van der Waals surface area contributed by atoms with E-state index >= 15 is 0 Å². The minimum Gasteiger partial charge on any atom is -0.457 e. The second kappa shape index (κ2) is 6.19. The lowest BCUT2D eigenvalue weighted by Crippen LogP contribution is -2.22. The van der Waals surface area contributed by atoms with Crippen molar-refractivity contribution in [1.29, 1.82) is 0 Å². The number of para-hydroxylation sites is 1. The molecule has 4 rings (SSSR count). The van der Waals surface area contributed by atoms with E-state index in [9.17, 15) is 13.2 Å². The zero-order valence-electron chi connectivity index (χ0n) is 14.3. The first-order valence-electron chi connectivity index (χ1n) is 8.06. The van der Waals surface area contributed by atoms with Crippen LogP contribution in [0.15, 0.2) is 74.6 Å². The summed E-state index contributed by atoms with van der Waals surface area (Å²) in [6.45, 7) is 1.70. The Balaban J connectivity index is 1.71. The average Bonchev–Trinajstić information content (AvgIpc) is 3.16. The van der Waals surface area contributed by atoms with Crippen LogP contribution in [0.4, 0.5) is 5.69 Å². The molecular weight excluding hydrogens is 366 g/mol. The van der Waals surface area contributed by atoms with E-state index < -0.39 is 10.0 Å². The summed E-state index contributed by atoms with van der Waals surface area (Å²) in [5.74, 6) is 0.161. The normalized spacial score (nSPS) is 16.4. The van der Waals surface area contributed by atoms with E-state index in [0.29, 0.717) is 22.7 Å². The van der Waals surface area contributed by atoms with E-state index in [0.717, 1.165) is 16.0 Å². The maximum Gasteiger partial charge on any atom is 0.280 e. The lowest BCUT2D eigenvalue weighted by Gasteiger charge is -2.12. The fourth-order valence-electron chi connectivity index (χ4n) is 2.87. The van der Waals surface area contributed by atoms with Crippen LogP contribution >= 0.6 is 0 Å². The van der Waals surface area contributed by atoms with Crippen LogP contribution in [-0.2, 0) is 14.8 Å². The first-order chi connectivity index (χ1) is 12.8. The fourth-order valence-corrected chi connectivity index (χ4v) is 3.42. The number of hydrogen-bond donors (Lipinski definition) is 1. The van der Waals surface area contributed by atoms with Crippen LogP contribution in [0.3, 0.4) is 0 Å². The molecule has 0 bridgehead atoms. The smallest absolute Gasteiger partial charge is 0.280 e. The van der Waals surface area contributed by atoms with Crippen molar-refractivity contribution < 1.29 is 17.6 Å². The van der Waals surface area contributed by atoms with Crippen molar-refractivity contribution in [3.63, 3.8) is 0 Å². The zero-order valence-corrected chi connectivity index (χ0v) is 15.1. The van der Waals surface area contributed by atoms with Crippen LogP contribution < -0.4 is 10.1 Å². The number of carbonyl (C=O) groups excluding carboxylic acids is 1. The second-order valence-electron chi connectivity index (χ2n) is 6.09. The Bertz CT molecular complexity index is 1210. The molecule has 1 amide bonds. The van der Waals surface area contributed by atoms with Gasteiger partial charge < -0.3 is 4.42 Å². The lowest BCUT2D eigenvalue weighted by molar-refractivity contribution is -0.114. The summed E-state index contributed by atoms with van der Waals surface area (Å²) in [6.07, 6.45) is 1.63. The van der Waals surface area contributed by atoms with Gasteiger partial charge in [-0.3, -0.25) is 4.79 Å². The summed E-state index contributed by atoms with van der Waals surface area (Å²) >= 11 is 0. The van der Waals surface area contributed by atoms with Gasteiger partial charge in [0.05, 0.1) is 21.9 Å². The number of nitrogens with two attached hydrogens (primary N) is 1. The van der Waals surface area contributed by atoms with Crippen molar-refractivity contribution in [2.45, 2.75) is 11.8 Å². The highest BCUT2D eigenvalue weighted by molar-refractivity contribution is 7.89. The number of hydrogen-bond acceptors (Lipinski definition) is 5. The minimum atomic E-state index is -3.88. The van der Waals surface area contributed by atoms with Crippen LogP contribution in [0.1, 0.15) is 12.7 Å². The average molecular weight is 381 g/mol. The van der Waals surface area contributed by atoms with Crippen LogP contribution in [0, 0.1) is 0 Å². The molecule has 27 heavy (non-hydrogen) atoms. The molecule has 0 saturated heterocycles. The number of nitrogens with zero attached hydrogens (tertiary/aromatic N) is 2. The molecule has 0 unspecified atom stereocenters. The molecule has 1 aliphatic rings. The van der Waals surface area contributed by atoms with Gasteiger partial charge in [-0.05, 0) is 43.3 Å². The molecular formula is C19H15N3O4S. The number of sulfonamides is 1. The van der Waals surface area contributed by atoms with Crippen LogP contribution in [0.25, 0.3) is 17.0 Å². The van der Waals surface area contributed by atoms with Gasteiger partial charge in [0, 0.05) is 5.39 Å². The Morgan fingerprint density at radius 2 is 1.89 bits per heavy atom. The number of fused-ring (bicyclic) bond motifs is 1. The lowest BCUT2D eigenvalue weighted by atomic mass is 10.1. The third-order valence-electron chi connectivity index (χ3n) is 4.18. The maximum atomic E-state index is 12.8. The molecule has 2 heterocycles. The predicted octanol–water partition coefficient (Wildman–Crippen LogP) is 2.89. The minimum absolute atomic E-state index is 0.0876. The molecule has 0 spiro atoms. The quantitative estimate of drug-likeness (QED) is 0.704. The molecule has 0 saturated carbocycles. The number of benzene rings is 2. The van der Waals surface area contributed by atoms with Crippen molar-refractivity contribution in [2.75, 3.05) is 5.01 Å². The number of primary sulfonamides is 1. The van der Waals surface area contributed by atoms with E-state index in [1.165, 1.54) is 18.2 Å². The van der Waals surface area contributed by atoms with Gasteiger partial charge in [-0.25, -0.2) is 13.6 Å². The summed E-state index contributed by atoms with van der Waals surface area (Å²) in [7, 11) is -3.88. The Labute approximate surface area is 155 Å². The summed E-state index contributed by atoms with van der Waals surface area (Å²) in [4.78, 5) is 12.7. The van der Waals surface area contributed by atoms with E-state index in [1.807, 2.05) is 30.3 Å². The molecule has 2 N–H and O–H groups in total. The molecule has 8 heteroatoms. The van der Waals surface area contributed by atoms with Crippen LogP contribution in [-0.4, -0.2) is 20.0 Å². The molecule has 2 aromatic carbocycles. The molecule has 0 radical (unpaired) electrons. The van der Waals surface area contributed by atoms with Gasteiger partial charge in [0.2, 0.25) is 10.0 Å². The molecule has 7 nitrogen and oxygen atoms in total. The molecule has 0 fully saturated rings. The first-order valence-corrected chi connectivity index (χ1v) is 9.61. The molecule has 136 valence electrons. The van der Waals surface area contributed by atoms with E-state index in [2.05, 4.69) is 5.10 Å². The highest BCUT2D eigenvalue weighted by atomic mass is 32.2. The predicted molar refractivity (Wildman–Crippen MR) is 103 cm³/mol. The number of amides is 1. The standard InChI is InChI=1S/C19H15N3O4S/c1-12-17(11-15-9-13-5-2-3-8-18(13)26-15)19(23)22(21-12)14-6-4-7-16(10-14)27(20,24)25/h2-11H,1H3,(H2,20,24,25)/b17-11-. The summed E-state index contributed by atoms with van der Waals surface area (Å²) in [5.41, 5.74) is 1.91. The Hall–Kier alpha value is -3.23. The zero-order chi connectivity index (χ0) is 19.2. The number of carbonyl (C=O) groups is 1. The first kappa shape index (κ1) is 17.2. The largest absolute Gasteiger partial charge is 0.457 e. The van der Waals surface area contributed by atoms with Gasteiger partial charge in [0.25, 0.3) is 5.91 Å². The van der Waals surface area contributed by atoms with E-state index in [-0.39, 0.29) is 10.8 Å². The van der Waals surface area contributed by atoms with E-state index in [4.69, 9.17) is 9.56 Å². The summed E-state index contributed by atoms with van der Waals surface area (Å²) in [5, 5.41) is 11.5. The monoisotopic (exact) mass is 381 g/mol.